The summed E-state index contributed by atoms with van der Waals surface area (Å²) in [6.07, 6.45) is 1.59. The number of nitrogens with zero attached hydrogens (tertiary/aromatic N) is 5. The molecule has 2 aromatic carbocycles. The number of hydrogen-bond donors (Lipinski definition) is 1. The summed E-state index contributed by atoms with van der Waals surface area (Å²) >= 11 is 11.3. The predicted octanol–water partition coefficient (Wildman–Crippen LogP) is 3.89. The maximum absolute atomic E-state index is 10.9. The van der Waals surface area contributed by atoms with Crippen molar-refractivity contribution in [2.45, 2.75) is 6.54 Å². The molecule has 4 aromatic rings. The van der Waals surface area contributed by atoms with E-state index in [1.54, 1.807) is 33.6 Å². The molecular weight excluding hydrogens is 376 g/mol. The van der Waals surface area contributed by atoms with Crippen molar-refractivity contribution in [2.75, 3.05) is 0 Å². The fraction of sp³-hybridized carbons (Fsp3) is 0.0625. The first kappa shape index (κ1) is 16.4. The van der Waals surface area contributed by atoms with Gasteiger partial charge in [-0.2, -0.15) is 10.2 Å². The van der Waals surface area contributed by atoms with Gasteiger partial charge >= 0.3 is 0 Å². The fourth-order valence-electron chi connectivity index (χ4n) is 2.74. The lowest BCUT2D eigenvalue weighted by atomic mass is 10.2. The summed E-state index contributed by atoms with van der Waals surface area (Å²) in [7, 11) is 0. The van der Waals surface area contributed by atoms with Crippen molar-refractivity contribution in [2.24, 2.45) is 0 Å². The Balaban J connectivity index is 1.75. The molecule has 0 aliphatic carbocycles. The van der Waals surface area contributed by atoms with E-state index < -0.39 is 4.92 Å². The van der Waals surface area contributed by atoms with Gasteiger partial charge in [-0.25, -0.2) is 0 Å². The fourth-order valence-corrected chi connectivity index (χ4v) is 3.12. The molecule has 1 N–H and O–H groups in total. The van der Waals surface area contributed by atoms with Crippen LogP contribution in [-0.2, 0) is 6.54 Å². The van der Waals surface area contributed by atoms with Crippen LogP contribution in [0.4, 0.5) is 5.69 Å². The van der Waals surface area contributed by atoms with Gasteiger partial charge < -0.3 is 0 Å². The molecule has 0 saturated carbocycles. The van der Waals surface area contributed by atoms with Crippen molar-refractivity contribution < 1.29 is 4.92 Å². The Kier molecular flexibility index (Phi) is 4.02. The molecule has 10 heteroatoms. The second-order valence-corrected chi connectivity index (χ2v) is 6.38. The van der Waals surface area contributed by atoms with Gasteiger partial charge in [-0.3, -0.25) is 24.5 Å². The van der Waals surface area contributed by atoms with Crippen LogP contribution in [0.2, 0.25) is 5.02 Å². The van der Waals surface area contributed by atoms with Gasteiger partial charge in [-0.1, -0.05) is 11.6 Å². The summed E-state index contributed by atoms with van der Waals surface area (Å²) < 4.78 is 3.97. The summed E-state index contributed by atoms with van der Waals surface area (Å²) in [5, 5.41) is 23.6. The second-order valence-electron chi connectivity index (χ2n) is 5.56. The zero-order valence-corrected chi connectivity index (χ0v) is 14.7. The van der Waals surface area contributed by atoms with E-state index in [4.69, 9.17) is 23.8 Å². The first-order chi connectivity index (χ1) is 12.5. The van der Waals surface area contributed by atoms with Gasteiger partial charge in [0.2, 0.25) is 0 Å². The van der Waals surface area contributed by atoms with Crippen molar-refractivity contribution in [3.63, 3.8) is 0 Å². The maximum Gasteiger partial charge on any atom is 0.270 e. The van der Waals surface area contributed by atoms with Crippen molar-refractivity contribution >= 4 is 40.4 Å². The van der Waals surface area contributed by atoms with Crippen LogP contribution in [0.3, 0.4) is 0 Å². The molecular formula is C16H11ClN6O2S. The highest BCUT2D eigenvalue weighted by Crippen LogP contribution is 2.22. The summed E-state index contributed by atoms with van der Waals surface area (Å²) in [5.41, 5.74) is 1.63. The monoisotopic (exact) mass is 386 g/mol. The van der Waals surface area contributed by atoms with Crippen LogP contribution in [0.25, 0.3) is 16.6 Å². The molecule has 2 heterocycles. The number of rotatable bonds is 4. The number of aromatic amines is 1. The number of H-pyrrole nitrogens is 1. The zero-order chi connectivity index (χ0) is 18.3. The van der Waals surface area contributed by atoms with Crippen molar-refractivity contribution in [1.82, 2.24) is 24.5 Å². The highest BCUT2D eigenvalue weighted by Gasteiger charge is 2.13. The van der Waals surface area contributed by atoms with Crippen LogP contribution in [0, 0.1) is 14.9 Å². The molecule has 8 nitrogen and oxygen atoms in total. The van der Waals surface area contributed by atoms with E-state index in [2.05, 4.69) is 15.3 Å². The Hall–Kier alpha value is -3.04. The smallest absolute Gasteiger partial charge is 0.270 e. The lowest BCUT2D eigenvalue weighted by molar-refractivity contribution is -0.384. The zero-order valence-electron chi connectivity index (χ0n) is 13.2. The minimum absolute atomic E-state index is 0.0286. The molecule has 2 aromatic heterocycles. The average molecular weight is 387 g/mol. The Morgan fingerprint density at radius 2 is 2.00 bits per heavy atom. The largest absolute Gasteiger partial charge is 0.271 e. The number of non-ortho nitro benzene ring substituents is 1. The summed E-state index contributed by atoms with van der Waals surface area (Å²) in [6.45, 7) is 0.344. The Bertz CT molecular complexity index is 1180. The SMILES string of the molecule is O=[N+]([O-])c1ccc2c(cnn2Cc2n[nH]c(=S)n2-c2ccc(Cl)cc2)c1. The van der Waals surface area contributed by atoms with Crippen LogP contribution in [-0.4, -0.2) is 29.5 Å². The van der Waals surface area contributed by atoms with Crippen molar-refractivity contribution in [1.29, 1.82) is 0 Å². The molecule has 0 fully saturated rings. The average Bonchev–Trinajstić information content (AvgIpc) is 3.19. The van der Waals surface area contributed by atoms with Gasteiger partial charge in [-0.05, 0) is 42.5 Å². The highest BCUT2D eigenvalue weighted by molar-refractivity contribution is 7.71. The van der Waals surface area contributed by atoms with Crippen molar-refractivity contribution in [3.8, 4) is 5.69 Å². The summed E-state index contributed by atoms with van der Waals surface area (Å²) in [6, 6.07) is 11.9. The summed E-state index contributed by atoms with van der Waals surface area (Å²) in [5.74, 6) is 0.653. The first-order valence-electron chi connectivity index (χ1n) is 7.55. The Labute approximate surface area is 156 Å². The minimum Gasteiger partial charge on any atom is -0.271 e. The number of benzene rings is 2. The van der Waals surface area contributed by atoms with Crippen LogP contribution in [0.15, 0.2) is 48.7 Å². The number of nitro benzene ring substituents is 1. The third-order valence-corrected chi connectivity index (χ3v) is 4.48. The van der Waals surface area contributed by atoms with Crippen LogP contribution in [0.5, 0.6) is 0 Å². The standard InChI is InChI=1S/C16H11ClN6O2S/c17-11-1-3-12(4-2-11)22-15(19-20-16(22)26)9-21-14-6-5-13(23(24)25)7-10(14)8-18-21/h1-8H,9H2,(H,20,26). The Morgan fingerprint density at radius 1 is 1.23 bits per heavy atom. The van der Waals surface area contributed by atoms with E-state index in [1.807, 2.05) is 12.1 Å². The number of aromatic nitrogens is 5. The van der Waals surface area contributed by atoms with Gasteiger partial charge in [0.25, 0.3) is 5.69 Å². The van der Waals surface area contributed by atoms with Crippen LogP contribution < -0.4 is 0 Å². The van der Waals surface area contributed by atoms with E-state index in [0.717, 1.165) is 11.2 Å². The van der Waals surface area contributed by atoms with Crippen LogP contribution >= 0.6 is 23.8 Å². The third-order valence-electron chi connectivity index (χ3n) is 3.95. The lowest BCUT2D eigenvalue weighted by Gasteiger charge is -2.08. The Morgan fingerprint density at radius 3 is 2.73 bits per heavy atom. The molecule has 4 rings (SSSR count). The highest BCUT2D eigenvalue weighted by atomic mass is 35.5. The van der Waals surface area contributed by atoms with Gasteiger partial charge in [0.1, 0.15) is 6.54 Å². The molecule has 0 unspecified atom stereocenters. The van der Waals surface area contributed by atoms with E-state index in [-0.39, 0.29) is 5.69 Å². The number of nitrogens with one attached hydrogen (secondary N) is 1. The molecule has 26 heavy (non-hydrogen) atoms. The molecule has 0 spiro atoms. The van der Waals surface area contributed by atoms with E-state index in [9.17, 15) is 10.1 Å². The normalized spacial score (nSPS) is 11.1. The topological polar surface area (TPSA) is 94.6 Å². The number of nitro groups is 1. The molecule has 0 radical (unpaired) electrons. The number of halogens is 1. The lowest BCUT2D eigenvalue weighted by Crippen LogP contribution is -2.08. The quantitative estimate of drug-likeness (QED) is 0.326. The molecule has 0 atom stereocenters. The van der Waals surface area contributed by atoms with Gasteiger partial charge in [0.05, 0.1) is 16.6 Å². The molecule has 0 aliphatic rings. The summed E-state index contributed by atoms with van der Waals surface area (Å²) in [4.78, 5) is 10.5. The predicted molar refractivity (Wildman–Crippen MR) is 99.2 cm³/mol. The van der Waals surface area contributed by atoms with E-state index >= 15 is 0 Å². The van der Waals surface area contributed by atoms with Gasteiger partial charge in [-0.15, -0.1) is 0 Å². The van der Waals surface area contributed by atoms with Crippen LogP contribution in [0.1, 0.15) is 5.82 Å². The molecule has 0 bridgehead atoms. The minimum atomic E-state index is -0.428. The molecule has 130 valence electrons. The van der Waals surface area contributed by atoms with Gasteiger partial charge in [0, 0.05) is 28.2 Å². The maximum atomic E-state index is 10.9. The molecule has 0 aliphatic heterocycles. The van der Waals surface area contributed by atoms with E-state index in [1.165, 1.54) is 12.1 Å². The molecule has 0 amide bonds. The van der Waals surface area contributed by atoms with Crippen molar-refractivity contribution in [3.05, 3.63) is 74.4 Å². The first-order valence-corrected chi connectivity index (χ1v) is 8.34. The molecule has 0 saturated heterocycles. The van der Waals surface area contributed by atoms with E-state index in [0.29, 0.717) is 27.5 Å². The third kappa shape index (κ3) is 2.87. The number of hydrogen-bond acceptors (Lipinski definition) is 5. The second kappa shape index (κ2) is 6.36. The number of fused-ring (bicyclic) bond motifs is 1. The van der Waals surface area contributed by atoms with Gasteiger partial charge in [0.15, 0.2) is 10.6 Å².